The molecule has 0 unspecified atom stereocenters. The molecule has 85 heavy (non-hydrogen) atoms. The molecule has 2 aromatic carbocycles. The zero-order valence-electron chi connectivity index (χ0n) is 51.5. The molecule has 470 valence electrons. The Morgan fingerprint density at radius 1 is 0.882 bits per heavy atom. The molecule has 26 heteroatoms. The van der Waals surface area contributed by atoms with Crippen LogP contribution in [-0.2, 0) is 65.0 Å². The number of fused-ring (bicyclic) bond motifs is 3. The van der Waals surface area contributed by atoms with Gasteiger partial charge in [-0.2, -0.15) is 0 Å². The van der Waals surface area contributed by atoms with Crippen molar-refractivity contribution in [1.29, 1.82) is 0 Å². The molecule has 1 aromatic heterocycles. The maximum absolute atomic E-state index is 15.8. The van der Waals surface area contributed by atoms with Gasteiger partial charge < -0.3 is 71.7 Å². The lowest BCUT2D eigenvalue weighted by molar-refractivity contribution is -0.142. The van der Waals surface area contributed by atoms with Gasteiger partial charge in [-0.15, -0.1) is 11.8 Å². The second-order valence-electron chi connectivity index (χ2n) is 25.6. The minimum atomic E-state index is -2.74. The number of likely N-dealkylation sites (tertiary alicyclic amines) is 1. The van der Waals surface area contributed by atoms with E-state index in [-0.39, 0.29) is 48.4 Å². The summed E-state index contributed by atoms with van der Waals surface area (Å²) in [6.45, 7) is 24.7. The first-order chi connectivity index (χ1) is 39.5. The Labute approximate surface area is 504 Å². The number of primary amides is 1. The first kappa shape index (κ1) is 69.6. The number of amides is 7. The predicted octanol–water partition coefficient (Wildman–Crippen LogP) is 4.00. The van der Waals surface area contributed by atoms with Crippen molar-refractivity contribution in [2.24, 2.45) is 29.2 Å². The van der Waals surface area contributed by atoms with Crippen LogP contribution in [0.25, 0.3) is 10.9 Å². The molecule has 2 aliphatic heterocycles. The van der Waals surface area contributed by atoms with Gasteiger partial charge >= 0.3 is 5.97 Å². The van der Waals surface area contributed by atoms with E-state index in [0.717, 1.165) is 22.2 Å². The highest BCUT2D eigenvalue weighted by atomic mass is 32.2. The third kappa shape index (κ3) is 18.9. The molecule has 0 spiro atoms. The molecule has 7 amide bonds. The first-order valence-corrected chi connectivity index (χ1v) is 35.8. The number of aliphatic hydroxyl groups is 1. The van der Waals surface area contributed by atoms with E-state index in [9.17, 15) is 43.8 Å². The van der Waals surface area contributed by atoms with Crippen molar-refractivity contribution in [1.82, 2.24) is 36.5 Å². The quantitative estimate of drug-likeness (QED) is 0.0674. The van der Waals surface area contributed by atoms with Gasteiger partial charge in [0, 0.05) is 48.4 Å². The number of hydrogen-bond acceptors (Lipinski definition) is 15. The SMILES string of the molecule is CC[C@H](C)[C@@H]1NC(=O)CNC(=O)[C@@H](CC(=O)[C@@H](NC(=O)[C@@H]2C[C@@H](O)CN2C(=O)[C@@H](N)CC(N)=O)[C@@H](C)[C@H](CO[Si](C)(C)C(C)(C)C)O[Si](C)(C)C(C)(C)C)Cc2c([nH]c3cc(OCc4ccccc4)ccc23)SC[C@@H](C(=O)O)NC(=O)CNC1=O. The number of H-pyrrole nitrogens is 1. The van der Waals surface area contributed by atoms with Crippen LogP contribution in [0.2, 0.25) is 36.3 Å². The van der Waals surface area contributed by atoms with Gasteiger partial charge in [0.05, 0.1) is 61.0 Å². The fourth-order valence-corrected chi connectivity index (χ4v) is 13.0. The standard InChI is InChI=1S/C59H91N9O14SSi2/c1-14-33(2)50-54(76)63-27-48(72)64-43(57(78)79)32-83-55-40(39-21-20-38(25-42(39)65-55)80-30-35-18-16-15-17-19-35)22-36(52(74)62-28-49(73)66-50)23-45(70)51(67-53(75)44-24-37(69)29-68(44)56(77)41(60)26-47(61)71)34(3)46(82-85(12,13)59(7,8)9)31-81-84(10,11)58(4,5)6/h15-21,25,33-34,36-37,41,43-44,46,50-51,65,69H,14,22-24,26-32,60H2,1-13H3,(H2,61,71)(H,62,74)(H,63,76)(H,64,72)(H,66,73)(H,67,75)(H,78,79)/t33-,34-,36+,37+,41-,43-,44-,46-,50-,51-/m0/s1. The Morgan fingerprint density at radius 2 is 1.51 bits per heavy atom. The number of aliphatic hydroxyl groups excluding tert-OH is 1. The second-order valence-corrected chi connectivity index (χ2v) is 36.2. The van der Waals surface area contributed by atoms with Crippen LogP contribution in [-0.4, -0.2) is 164 Å². The lowest BCUT2D eigenvalue weighted by atomic mass is 9.85. The van der Waals surface area contributed by atoms with E-state index in [2.05, 4.69) is 99.3 Å². The third-order valence-electron chi connectivity index (χ3n) is 17.1. The third-order valence-corrected chi connectivity index (χ3v) is 27.2. The highest BCUT2D eigenvalue weighted by Gasteiger charge is 2.47. The number of nitrogens with two attached hydrogens (primary N) is 2. The van der Waals surface area contributed by atoms with E-state index >= 15 is 9.59 Å². The topological polar surface area (TPSA) is 353 Å². The van der Waals surface area contributed by atoms with Gasteiger partial charge in [-0.25, -0.2) is 4.79 Å². The minimum absolute atomic E-state index is 0.0119. The Balaban J connectivity index is 1.68. The van der Waals surface area contributed by atoms with E-state index in [1.807, 2.05) is 30.3 Å². The van der Waals surface area contributed by atoms with Crippen molar-refractivity contribution in [2.45, 2.75) is 185 Å². The highest BCUT2D eigenvalue weighted by Crippen LogP contribution is 2.41. The average Bonchev–Trinajstić information content (AvgIpc) is 4.07. The first-order valence-electron chi connectivity index (χ1n) is 29.0. The highest BCUT2D eigenvalue weighted by molar-refractivity contribution is 7.99. The Hall–Kier alpha value is -6.17. The summed E-state index contributed by atoms with van der Waals surface area (Å²) in [4.78, 5) is 129. The van der Waals surface area contributed by atoms with E-state index in [4.69, 9.17) is 25.1 Å². The molecule has 5 rings (SSSR count). The smallest absolute Gasteiger partial charge is 0.327 e. The number of carboxylic acid groups (broad SMARTS) is 1. The second kappa shape index (κ2) is 29.5. The molecule has 2 aliphatic rings. The number of carboxylic acids is 1. The van der Waals surface area contributed by atoms with Crippen LogP contribution < -0.4 is 42.8 Å². The van der Waals surface area contributed by atoms with E-state index in [1.165, 1.54) is 0 Å². The summed E-state index contributed by atoms with van der Waals surface area (Å²) in [5.41, 5.74) is 13.4. The summed E-state index contributed by atoms with van der Waals surface area (Å²) >= 11 is 1.03. The zero-order valence-corrected chi connectivity index (χ0v) is 54.3. The van der Waals surface area contributed by atoms with Gasteiger partial charge in [0.15, 0.2) is 22.4 Å². The Kier molecular flexibility index (Phi) is 24.1. The van der Waals surface area contributed by atoms with E-state index in [1.54, 1.807) is 39.0 Å². The zero-order chi connectivity index (χ0) is 63.5. The van der Waals surface area contributed by atoms with E-state index < -0.39 is 156 Å². The average molecular weight is 1240 g/mol. The van der Waals surface area contributed by atoms with Crippen molar-refractivity contribution < 1.29 is 67.0 Å². The molecule has 3 heterocycles. The van der Waals surface area contributed by atoms with E-state index in [0.29, 0.717) is 33.7 Å². The van der Waals surface area contributed by atoms with Crippen LogP contribution >= 0.6 is 11.8 Å². The van der Waals surface area contributed by atoms with Gasteiger partial charge in [0.25, 0.3) is 0 Å². The minimum Gasteiger partial charge on any atom is -0.489 e. The van der Waals surface area contributed by atoms with Crippen LogP contribution in [0.5, 0.6) is 5.75 Å². The van der Waals surface area contributed by atoms with Crippen molar-refractivity contribution in [2.75, 3.05) is 32.0 Å². The Morgan fingerprint density at radius 3 is 2.11 bits per heavy atom. The molecule has 0 saturated carbocycles. The van der Waals surface area contributed by atoms with Crippen molar-refractivity contribution in [3.63, 3.8) is 0 Å². The maximum atomic E-state index is 15.8. The summed E-state index contributed by atoms with van der Waals surface area (Å²) in [5.74, 6) is -10.0. The number of β-amino-alcohol motifs (C(OH)–C–C–N with tert-alkyl or cyclic N) is 1. The summed E-state index contributed by atoms with van der Waals surface area (Å²) < 4.78 is 20.2. The van der Waals surface area contributed by atoms with Gasteiger partial charge in [-0.1, -0.05) is 99.1 Å². The summed E-state index contributed by atoms with van der Waals surface area (Å²) in [6.07, 6.45) is -3.18. The fourth-order valence-electron chi connectivity index (χ4n) is 9.49. The molecule has 0 bridgehead atoms. The number of aromatic nitrogens is 1. The summed E-state index contributed by atoms with van der Waals surface area (Å²) in [7, 11) is -5.27. The normalized spacial score (nSPS) is 21.8. The van der Waals surface area contributed by atoms with Gasteiger partial charge in [-0.05, 0) is 71.9 Å². The van der Waals surface area contributed by atoms with Gasteiger partial charge in [-0.3, -0.25) is 38.4 Å². The van der Waals surface area contributed by atoms with Crippen LogP contribution in [0.4, 0.5) is 0 Å². The van der Waals surface area contributed by atoms with Crippen molar-refractivity contribution in [3.8, 4) is 5.75 Å². The molecule has 0 radical (unpaired) electrons. The molecule has 1 saturated heterocycles. The lowest BCUT2D eigenvalue weighted by Crippen LogP contribution is -2.58. The summed E-state index contributed by atoms with van der Waals surface area (Å²) in [5, 5.41) is 35.0. The van der Waals surface area contributed by atoms with Gasteiger partial charge in [0.1, 0.15) is 30.5 Å². The maximum Gasteiger partial charge on any atom is 0.327 e. The monoisotopic (exact) mass is 1240 g/mol. The number of thioether (sulfide) groups is 1. The molecular formula is C59H91N9O14SSi2. The molecule has 3 aromatic rings. The number of aromatic amines is 1. The molecular weight excluding hydrogens is 1150 g/mol. The van der Waals surface area contributed by atoms with Crippen molar-refractivity contribution in [3.05, 3.63) is 59.7 Å². The number of nitrogens with zero attached hydrogens (tertiary/aromatic N) is 1. The van der Waals surface area contributed by atoms with Crippen LogP contribution in [0.3, 0.4) is 0 Å². The number of carbonyl (C=O) groups is 9. The summed E-state index contributed by atoms with van der Waals surface area (Å²) in [6, 6.07) is 7.82. The molecule has 12 N–H and O–H groups in total. The molecule has 0 aliphatic carbocycles. The number of Topliss-reactive ketones (excluding diaryl/α,β-unsaturated/α-hetero) is 1. The molecule has 10 atom stereocenters. The van der Waals surface area contributed by atoms with Crippen LogP contribution in [0, 0.1) is 17.8 Å². The van der Waals surface area contributed by atoms with Crippen molar-refractivity contribution >= 4 is 92.4 Å². The number of hydrogen-bond donors (Lipinski definition) is 10. The van der Waals surface area contributed by atoms with Gasteiger partial charge in [0.2, 0.25) is 41.4 Å². The van der Waals surface area contributed by atoms with Crippen LogP contribution in [0.1, 0.15) is 99.1 Å². The predicted molar refractivity (Wildman–Crippen MR) is 328 cm³/mol. The number of ether oxygens (including phenoxy) is 1. The van der Waals surface area contributed by atoms with Crippen LogP contribution in [0.15, 0.2) is 53.6 Å². The Bertz CT molecular complexity index is 2900. The fraction of sp³-hybridized carbons (Fsp3) is 0.610. The number of carbonyl (C=O) groups excluding carboxylic acids is 8. The largest absolute Gasteiger partial charge is 0.489 e. The number of ketones is 1. The number of nitrogens with one attached hydrogen (secondary N) is 6. The molecule has 23 nitrogen and oxygen atoms in total. The number of rotatable bonds is 21. The lowest BCUT2D eigenvalue weighted by Gasteiger charge is -2.44. The molecule has 1 fully saturated rings. The number of aliphatic carboxylic acids is 1. The number of benzene rings is 2.